The van der Waals surface area contributed by atoms with Gasteiger partial charge >= 0.3 is 0 Å². The maximum Gasteiger partial charge on any atom is 0.0782 e. The lowest BCUT2D eigenvalue weighted by Crippen LogP contribution is -2.01. The number of aromatic nitrogens is 3. The molecule has 0 bridgehead atoms. The smallest absolute Gasteiger partial charge is 0.0782 e. The third kappa shape index (κ3) is 4.79. The highest BCUT2D eigenvalue weighted by atomic mass is 15.1. The summed E-state index contributed by atoms with van der Waals surface area (Å²) in [5.41, 5.74) is -11.4. The maximum absolute atomic E-state index is 10.2. The first-order valence-electron chi connectivity index (χ1n) is 34.3. The molecule has 3 nitrogen and oxygen atoms in total. The molecule has 3 aromatic heterocycles. The van der Waals surface area contributed by atoms with Crippen LogP contribution in [0.2, 0.25) is 0 Å². The maximum atomic E-state index is 10.2. The van der Waals surface area contributed by atoms with E-state index in [0.717, 1.165) is 4.57 Å². The van der Waals surface area contributed by atoms with Crippen LogP contribution in [0.5, 0.6) is 0 Å². The molecule has 12 rings (SSSR count). The van der Waals surface area contributed by atoms with Crippen molar-refractivity contribution >= 4 is 65.4 Å². The van der Waals surface area contributed by atoms with Gasteiger partial charge in [-0.05, 0) is 88.7 Å². The Morgan fingerprint density at radius 1 is 0.263 bits per heavy atom. The molecule has 0 spiro atoms. The van der Waals surface area contributed by atoms with Crippen LogP contribution in [0.4, 0.5) is 0 Å². The zero-order chi connectivity index (χ0) is 67.9. The van der Waals surface area contributed by atoms with E-state index in [1.54, 1.807) is 0 Å². The number of hydrogen-bond acceptors (Lipinski definition) is 0. The number of benzene rings is 9. The summed E-state index contributed by atoms with van der Waals surface area (Å²) < 4.78 is 323. The van der Waals surface area contributed by atoms with Crippen molar-refractivity contribution in [1.82, 2.24) is 13.7 Å². The van der Waals surface area contributed by atoms with E-state index in [0.29, 0.717) is 9.13 Å². The predicted molar refractivity (Wildman–Crippen MR) is 240 cm³/mol. The van der Waals surface area contributed by atoms with E-state index in [1.807, 2.05) is 0 Å². The summed E-state index contributed by atoms with van der Waals surface area (Å²) in [6.45, 7) is 0. The van der Waals surface area contributed by atoms with E-state index >= 15 is 0 Å². The van der Waals surface area contributed by atoms with Crippen LogP contribution in [0, 0.1) is 0 Å². The van der Waals surface area contributed by atoms with Gasteiger partial charge in [0, 0.05) is 43.7 Å². The monoisotopic (exact) mass is 761 g/mol. The van der Waals surface area contributed by atoms with Crippen molar-refractivity contribution in [3.05, 3.63) is 211 Å². The molecule has 9 aromatic carbocycles. The van der Waals surface area contributed by atoms with Crippen molar-refractivity contribution < 1.29 is 48.0 Å². The number of rotatable bonds is 5. The molecule has 0 saturated carbocycles. The first-order chi connectivity index (χ1) is 42.9. The topological polar surface area (TPSA) is 14.8 Å². The van der Waals surface area contributed by atoms with Crippen LogP contribution in [0.3, 0.4) is 0 Å². The summed E-state index contributed by atoms with van der Waals surface area (Å²) in [5.74, 6) is 0. The average Bonchev–Trinajstić information content (AvgIpc) is 1.51. The third-order valence-corrected chi connectivity index (χ3v) is 9.28. The Morgan fingerprint density at radius 2 is 0.702 bits per heavy atom. The Hall–Kier alpha value is -7.62. The van der Waals surface area contributed by atoms with Crippen LogP contribution in [-0.4, -0.2) is 13.7 Å². The van der Waals surface area contributed by atoms with E-state index < -0.39 is 316 Å². The van der Waals surface area contributed by atoms with Gasteiger partial charge in [0.25, 0.3) is 0 Å². The summed E-state index contributed by atoms with van der Waals surface area (Å²) in [7, 11) is 0. The molecular formula is C54H35N3. The van der Waals surface area contributed by atoms with Crippen LogP contribution < -0.4 is 0 Å². The molecule has 0 aliphatic rings. The first-order valence-corrected chi connectivity index (χ1v) is 16.8. The summed E-state index contributed by atoms with van der Waals surface area (Å²) in [5, 5.41) is -4.07. The molecule has 0 aliphatic carbocycles. The zero-order valence-corrected chi connectivity index (χ0v) is 28.3. The summed E-state index contributed by atoms with van der Waals surface area (Å²) in [6, 6.07) is -36.1. The van der Waals surface area contributed by atoms with Gasteiger partial charge in [-0.15, -0.1) is 0 Å². The van der Waals surface area contributed by atoms with Gasteiger partial charge < -0.3 is 13.7 Å². The fraction of sp³-hybridized carbons (Fsp3) is 0. The second kappa shape index (κ2) is 12.5. The van der Waals surface area contributed by atoms with Crippen LogP contribution in [-0.2, 0) is 0 Å². The van der Waals surface area contributed by atoms with Gasteiger partial charge in [-0.25, -0.2) is 0 Å². The first kappa shape index (κ1) is 12.7. The van der Waals surface area contributed by atoms with Crippen molar-refractivity contribution in [3.63, 3.8) is 0 Å². The molecule has 0 saturated heterocycles. The quantitative estimate of drug-likeness (QED) is 0.166. The lowest BCUT2D eigenvalue weighted by atomic mass is 9.99. The Bertz CT molecular complexity index is 5480. The minimum Gasteiger partial charge on any atom is -0.309 e. The van der Waals surface area contributed by atoms with Crippen LogP contribution >= 0.6 is 0 Å². The minimum atomic E-state index is -1.24. The molecule has 0 amide bonds. The van der Waals surface area contributed by atoms with Gasteiger partial charge in [-0.3, -0.25) is 0 Å². The summed E-state index contributed by atoms with van der Waals surface area (Å²) >= 11 is 0. The molecule has 0 N–H and O–H groups in total. The second-order valence-electron chi connectivity index (χ2n) is 12.3. The van der Waals surface area contributed by atoms with Gasteiger partial charge in [0.2, 0.25) is 0 Å². The molecule has 0 radical (unpaired) electrons. The van der Waals surface area contributed by atoms with E-state index in [4.69, 9.17) is 26.0 Å². The van der Waals surface area contributed by atoms with Gasteiger partial charge in [0.1, 0.15) is 0 Å². The largest absolute Gasteiger partial charge is 0.309 e. The Morgan fingerprint density at radius 3 is 1.39 bits per heavy atom. The molecule has 0 aliphatic heterocycles. The highest BCUT2D eigenvalue weighted by molar-refractivity contribution is 6.16. The van der Waals surface area contributed by atoms with E-state index in [-0.39, 0.29) is 0 Å². The van der Waals surface area contributed by atoms with Gasteiger partial charge in [0.15, 0.2) is 0 Å². The number of para-hydroxylation sites is 5. The molecule has 266 valence electrons. The summed E-state index contributed by atoms with van der Waals surface area (Å²) in [6.07, 6.45) is 0. The fourth-order valence-corrected chi connectivity index (χ4v) is 6.96. The van der Waals surface area contributed by atoms with Crippen molar-refractivity contribution in [2.75, 3.05) is 0 Å². The molecule has 3 heterocycles. The van der Waals surface area contributed by atoms with Crippen LogP contribution in [0.15, 0.2) is 211 Å². The number of hydrogen-bond donors (Lipinski definition) is 0. The predicted octanol–water partition coefficient (Wildman–Crippen LogP) is 14.3. The van der Waals surface area contributed by atoms with Crippen molar-refractivity contribution in [1.29, 1.82) is 0 Å². The molecule has 3 heteroatoms. The third-order valence-electron chi connectivity index (χ3n) is 9.28. The Balaban J connectivity index is 1.34. The van der Waals surface area contributed by atoms with E-state index in [1.165, 1.54) is 0 Å². The Kier molecular flexibility index (Phi) is 2.78. The normalized spacial score (nSPS) is 20.5. The number of nitrogens with zero attached hydrogens (tertiary/aromatic N) is 3. The van der Waals surface area contributed by atoms with Gasteiger partial charge in [0.05, 0.1) is 86.8 Å². The lowest BCUT2D eigenvalue weighted by molar-refractivity contribution is 1.13. The molecule has 0 fully saturated rings. The summed E-state index contributed by atoms with van der Waals surface area (Å²) in [4.78, 5) is 0. The van der Waals surface area contributed by atoms with E-state index in [2.05, 4.69) is 0 Å². The fourth-order valence-electron chi connectivity index (χ4n) is 6.96. The second-order valence-corrected chi connectivity index (χ2v) is 12.3. The van der Waals surface area contributed by atoms with Crippen molar-refractivity contribution in [3.8, 4) is 39.3 Å². The highest BCUT2D eigenvalue weighted by Crippen LogP contribution is 2.41. The molecule has 0 atom stereocenters. The Labute approximate surface area is 378 Å². The van der Waals surface area contributed by atoms with Crippen LogP contribution in [0.1, 0.15) is 48.0 Å². The SMILES string of the molecule is [2H]c1c([2H])c([2H])c(-c2c([2H])c([2H])c([2H])c(-c3c([2H])c([2H])c([2H])c(-n4c5c([2H])c([2H])c([2H])c([2H])c5c5c([2H])c([2H])c([2H])c(-n6c7c([2H])c([2H])c([2H])c([2H])c7c7c([2H])c(-n8c9c([2H])c([2H])c([2H])c([2H])c9c9c([2H])c([2H])c([2H])c([2H])c98)c([2H])c([2H])c76)c54)c3[2H])c2[2H])c([2H])c1[2H]. The van der Waals surface area contributed by atoms with Gasteiger partial charge in [-0.2, -0.15) is 0 Å². The van der Waals surface area contributed by atoms with Crippen molar-refractivity contribution in [2.24, 2.45) is 0 Å². The lowest BCUT2D eigenvalue weighted by Gasteiger charge is -2.15. The standard InChI is InChI=1S/C54H35N3/c1-2-15-36(16-3-1)37-17-12-18-38(33-37)39-19-13-20-40(34-39)56-50-28-10-6-23-44(50)46-25-14-30-53(54(46)56)57-51-29-11-7-24-45(51)47-35-41(31-32-52(47)57)55-48-26-8-4-21-42(48)43-22-5-9-27-49(43)55/h1-35H/i1D,2D,3D,4D,5D,6D,7D,8D,9D,10D,11D,12D,13D,14D,15D,16D,17D,18D,19D,20D,21D,22D,23D,24D,25D,26D,27D,28D,29D,30D,31D,32D,33D,34D,35D. The zero-order valence-electron chi connectivity index (χ0n) is 63.3. The number of fused-ring (bicyclic) bond motifs is 9. The van der Waals surface area contributed by atoms with E-state index in [9.17, 15) is 21.9 Å². The molecule has 12 aromatic rings. The van der Waals surface area contributed by atoms with Gasteiger partial charge in [-0.1, -0.05) is 145 Å². The minimum absolute atomic E-state index is 0.532. The average molecular weight is 761 g/mol. The molecule has 0 unspecified atom stereocenters. The highest BCUT2D eigenvalue weighted by Gasteiger charge is 2.21. The molecule has 57 heavy (non-hydrogen) atoms. The van der Waals surface area contributed by atoms with Crippen LogP contribution in [0.25, 0.3) is 105 Å². The van der Waals surface area contributed by atoms with Crippen molar-refractivity contribution in [2.45, 2.75) is 0 Å². The molecular weight excluding hydrogens is 691 g/mol.